The third-order valence-electron chi connectivity index (χ3n) is 13.1. The highest BCUT2D eigenvalue weighted by Crippen LogP contribution is 2.45. The van der Waals surface area contributed by atoms with Crippen molar-refractivity contribution in [3.8, 4) is 61.6 Å². The predicted octanol–water partition coefficient (Wildman–Crippen LogP) is 2.76. The van der Waals surface area contributed by atoms with E-state index in [0.717, 1.165) is 82.7 Å². The molecule has 0 spiro atoms. The van der Waals surface area contributed by atoms with Crippen molar-refractivity contribution in [2.75, 3.05) is 0 Å². The van der Waals surface area contributed by atoms with Crippen LogP contribution in [-0.2, 0) is 0 Å². The first-order valence-electron chi connectivity index (χ1n) is 21.6. The molecule has 1 aromatic heterocycles. The van der Waals surface area contributed by atoms with Gasteiger partial charge in [-0.3, -0.25) is 4.57 Å². The Balaban J connectivity index is 1.14. The number of aromatic nitrogens is 2. The molecule has 67 heavy (non-hydrogen) atoms. The van der Waals surface area contributed by atoms with Crippen molar-refractivity contribution in [2.45, 2.75) is 0 Å². The topological polar surface area (TPSA) is 17.8 Å². The van der Waals surface area contributed by atoms with Gasteiger partial charge in [-0.15, -0.1) is 32.8 Å². The molecule has 286 valence electrons. The first-order valence-corrected chi connectivity index (χ1v) is 21.6. The van der Waals surface area contributed by atoms with Crippen LogP contribution >= 0.6 is 0 Å². The Kier molecular flexibility index (Phi) is 10.5. The largest absolute Gasteiger partial charge is 0.292 e. The van der Waals surface area contributed by atoms with E-state index in [-0.39, 0.29) is 54.6 Å². The van der Waals surface area contributed by atoms with Gasteiger partial charge in [0.25, 0.3) is 0 Å². The number of benzene rings is 10. The fourth-order valence-corrected chi connectivity index (χ4v) is 9.79. The van der Waals surface area contributed by atoms with E-state index < -0.39 is 0 Å². The molecule has 0 bridgehead atoms. The van der Waals surface area contributed by atoms with Crippen LogP contribution in [0.2, 0.25) is 0 Å². The van der Waals surface area contributed by atoms with Crippen LogP contribution in [0, 0.1) is 0 Å². The third kappa shape index (κ3) is 6.74. The summed E-state index contributed by atoms with van der Waals surface area (Å²) in [5, 5.41) is 6.32. The van der Waals surface area contributed by atoms with Crippen molar-refractivity contribution in [2.24, 2.45) is 0 Å². The minimum absolute atomic E-state index is 0.103. The molecular formula is C55H26B10N2. The average Bonchev–Trinajstić information content (AvgIpc) is 3.75. The summed E-state index contributed by atoms with van der Waals surface area (Å²) in [5.74, 6) is 0.849. The molecule has 2 nitrogen and oxygen atoms in total. The summed E-state index contributed by atoms with van der Waals surface area (Å²) in [5.41, 5.74) is 11.1. The molecule has 1 heterocycles. The molecule has 10 aromatic carbocycles. The van der Waals surface area contributed by atoms with Gasteiger partial charge in [0.05, 0.1) is 16.7 Å². The van der Waals surface area contributed by atoms with E-state index in [1.807, 2.05) is 36.4 Å². The van der Waals surface area contributed by atoms with Gasteiger partial charge in [0.1, 0.15) is 84.3 Å². The maximum absolute atomic E-state index is 6.73. The van der Waals surface area contributed by atoms with Gasteiger partial charge in [-0.1, -0.05) is 143 Å². The summed E-state index contributed by atoms with van der Waals surface area (Å²) in [6.07, 6.45) is 0. The van der Waals surface area contributed by atoms with Gasteiger partial charge in [0, 0.05) is 10.9 Å². The lowest BCUT2D eigenvalue weighted by atomic mass is 9.59. The fourth-order valence-electron chi connectivity index (χ4n) is 9.79. The fraction of sp³-hybridized carbons (Fsp3) is 0. The Morgan fingerprint density at radius 3 is 1.18 bits per heavy atom. The van der Waals surface area contributed by atoms with Crippen molar-refractivity contribution in [3.63, 3.8) is 0 Å². The van der Waals surface area contributed by atoms with Crippen molar-refractivity contribution >= 4 is 176 Å². The Labute approximate surface area is 403 Å². The quantitative estimate of drug-likeness (QED) is 0.187. The molecule has 0 unspecified atom stereocenters. The molecule has 0 aliphatic heterocycles. The zero-order chi connectivity index (χ0) is 46.4. The van der Waals surface area contributed by atoms with Gasteiger partial charge in [-0.25, -0.2) is 4.98 Å². The Morgan fingerprint density at radius 2 is 0.672 bits per heavy atom. The summed E-state index contributed by atoms with van der Waals surface area (Å²) in [6.45, 7) is 0. The zero-order valence-corrected chi connectivity index (χ0v) is 36.2. The van der Waals surface area contributed by atoms with E-state index in [9.17, 15) is 0 Å². The van der Waals surface area contributed by atoms with Gasteiger partial charge in [0.15, 0.2) is 0 Å². The van der Waals surface area contributed by atoms with Crippen LogP contribution in [0.4, 0.5) is 0 Å². The van der Waals surface area contributed by atoms with E-state index in [2.05, 4.69) is 126 Å². The molecule has 12 heteroatoms. The Morgan fingerprint density at radius 1 is 0.299 bits per heavy atom. The molecule has 0 aliphatic rings. The van der Waals surface area contributed by atoms with Crippen molar-refractivity contribution in [1.29, 1.82) is 0 Å². The van der Waals surface area contributed by atoms with E-state index in [1.165, 1.54) is 0 Å². The van der Waals surface area contributed by atoms with Crippen molar-refractivity contribution in [1.82, 2.24) is 9.55 Å². The van der Waals surface area contributed by atoms with Crippen molar-refractivity contribution < 1.29 is 0 Å². The normalized spacial score (nSPS) is 11.6. The Hall–Kier alpha value is -6.90. The lowest BCUT2D eigenvalue weighted by Gasteiger charge is -2.25. The maximum atomic E-state index is 6.73. The summed E-state index contributed by atoms with van der Waals surface area (Å²) >= 11 is 0. The highest BCUT2D eigenvalue weighted by molar-refractivity contribution is 6.70. The molecule has 20 radical (unpaired) electrons. The zero-order valence-electron chi connectivity index (χ0n) is 36.2. The van der Waals surface area contributed by atoms with E-state index in [4.69, 9.17) is 83.4 Å². The highest BCUT2D eigenvalue weighted by Gasteiger charge is 2.22. The molecule has 0 fully saturated rings. The number of para-hydroxylation sites is 2. The smallest absolute Gasteiger partial charge is 0.145 e. The van der Waals surface area contributed by atoms with Gasteiger partial charge < -0.3 is 0 Å². The predicted molar refractivity (Wildman–Crippen MR) is 295 cm³/mol. The van der Waals surface area contributed by atoms with Gasteiger partial charge in [-0.05, 0) is 108 Å². The molecule has 11 rings (SSSR count). The van der Waals surface area contributed by atoms with Crippen LogP contribution in [0.1, 0.15) is 0 Å². The van der Waals surface area contributed by atoms with Crippen LogP contribution < -0.4 is 54.6 Å². The second kappa shape index (κ2) is 16.5. The van der Waals surface area contributed by atoms with Gasteiger partial charge in [-0.2, -0.15) is 0 Å². The number of rotatable bonds is 6. The molecule has 0 saturated carbocycles. The standard InChI is InChI=1S/C55H26B10N2/c56-45-43(46(57)50(61)53(64)49(45)60)31-24-30(25-32(26-31)44-47(58)51(62)54(65)52(63)48(44)59)42-36-15-5-3-13-34(36)41(35-14-4-6-16-37(35)42)28-20-22-29(23-21-28)55-66-38-17-7-8-18-40(38)67(55)39-19-9-11-27-10-1-2-12-33(27)39/h1-26H. The van der Waals surface area contributed by atoms with Crippen molar-refractivity contribution in [3.05, 3.63) is 158 Å². The molecule has 0 atom stereocenters. The third-order valence-corrected chi connectivity index (χ3v) is 13.1. The van der Waals surface area contributed by atoms with Crippen LogP contribution in [-0.4, -0.2) is 88.0 Å². The number of hydrogen-bond donors (Lipinski definition) is 0. The van der Waals surface area contributed by atoms with E-state index >= 15 is 0 Å². The Bertz CT molecular complexity index is 3670. The number of fused-ring (bicyclic) bond motifs is 4. The summed E-state index contributed by atoms with van der Waals surface area (Å²) < 4.78 is 2.26. The highest BCUT2D eigenvalue weighted by atomic mass is 15.1. The number of imidazole rings is 1. The first kappa shape index (κ1) is 42.7. The second-order valence-electron chi connectivity index (χ2n) is 16.9. The number of nitrogens with zero attached hydrogens (tertiary/aromatic N) is 2. The summed E-state index contributed by atoms with van der Waals surface area (Å²) in [4.78, 5) is 5.21. The van der Waals surface area contributed by atoms with Crippen LogP contribution in [0.25, 0.3) is 105 Å². The van der Waals surface area contributed by atoms with Crippen LogP contribution in [0.3, 0.4) is 0 Å². The molecule has 0 N–H and O–H groups in total. The summed E-state index contributed by atoms with van der Waals surface area (Å²) in [6, 6.07) is 54.3. The van der Waals surface area contributed by atoms with E-state index in [1.54, 1.807) is 0 Å². The lowest BCUT2D eigenvalue weighted by molar-refractivity contribution is 1.11. The second-order valence-corrected chi connectivity index (χ2v) is 16.9. The molecular weight excluding hydrogens is 797 g/mol. The van der Waals surface area contributed by atoms with Gasteiger partial charge in [0.2, 0.25) is 0 Å². The average molecular weight is 823 g/mol. The minimum Gasteiger partial charge on any atom is -0.292 e. The van der Waals surface area contributed by atoms with Crippen LogP contribution in [0.15, 0.2) is 158 Å². The summed E-state index contributed by atoms with van der Waals surface area (Å²) in [7, 11) is 65.2. The molecule has 11 aromatic rings. The molecule has 0 amide bonds. The van der Waals surface area contributed by atoms with Crippen LogP contribution in [0.5, 0.6) is 0 Å². The maximum Gasteiger partial charge on any atom is 0.145 e. The van der Waals surface area contributed by atoms with E-state index in [0.29, 0.717) is 22.3 Å². The van der Waals surface area contributed by atoms with Gasteiger partial charge >= 0.3 is 0 Å². The molecule has 0 aliphatic carbocycles. The SMILES string of the molecule is [B]c1c([B])c([B])c(-c2cc(-c3c([B])c([B])c([B])c([B])c3[B])cc(-c3c4ccccc4c(-c4ccc(-c5nc6ccccc6n5-c5cccc6ccccc56)cc4)c4ccccc34)c2)c([B])c1[B]. The minimum atomic E-state index is 0.103. The first-order chi connectivity index (χ1) is 32.4. The number of hydrogen-bond acceptors (Lipinski definition) is 1. The lowest BCUT2D eigenvalue weighted by Crippen LogP contribution is -2.55. The monoisotopic (exact) mass is 824 g/mol. The molecule has 0 saturated heterocycles.